The van der Waals surface area contributed by atoms with Crippen molar-refractivity contribution >= 4 is 21.6 Å². The third-order valence-electron chi connectivity index (χ3n) is 4.91. The summed E-state index contributed by atoms with van der Waals surface area (Å²) in [6.07, 6.45) is 2.32. The second-order valence-corrected chi connectivity index (χ2v) is 8.87. The highest BCUT2D eigenvalue weighted by molar-refractivity contribution is 7.93. The van der Waals surface area contributed by atoms with E-state index < -0.39 is 10.0 Å². The number of hydrogen-bond donors (Lipinski definition) is 1. The highest BCUT2D eigenvalue weighted by Crippen LogP contribution is 2.25. The normalized spacial score (nSPS) is 16.3. The molecule has 7 heteroatoms. The number of carbonyl (C=O) groups excluding carboxylic acids is 1. The van der Waals surface area contributed by atoms with Gasteiger partial charge in [0.15, 0.2) is 0 Å². The number of nitrogens with one attached hydrogen (secondary N) is 1. The van der Waals surface area contributed by atoms with Gasteiger partial charge in [0.05, 0.1) is 23.2 Å². The second kappa shape index (κ2) is 8.05. The molecule has 1 aliphatic heterocycles. The largest absolute Gasteiger partial charge is 0.340 e. The standard InChI is InChI=1S/C22H21N3O3S/c26-22(18-10-12-19(13-11-18)25-15-6-16-29(25,27)28)24-21(17-7-2-1-3-8-17)20-9-4-5-14-23-20/h1-5,7-14,21H,6,15-16H2,(H,24,26). The average molecular weight is 407 g/mol. The maximum Gasteiger partial charge on any atom is 0.252 e. The Morgan fingerprint density at radius 1 is 0.966 bits per heavy atom. The van der Waals surface area contributed by atoms with Crippen LogP contribution in [0.5, 0.6) is 0 Å². The van der Waals surface area contributed by atoms with Crippen molar-refractivity contribution in [2.75, 3.05) is 16.6 Å². The number of rotatable bonds is 5. The number of hydrogen-bond acceptors (Lipinski definition) is 4. The predicted molar refractivity (Wildman–Crippen MR) is 112 cm³/mol. The minimum absolute atomic E-state index is 0.165. The second-order valence-electron chi connectivity index (χ2n) is 6.86. The van der Waals surface area contributed by atoms with Gasteiger partial charge in [0.2, 0.25) is 10.0 Å². The van der Waals surface area contributed by atoms with Crippen LogP contribution in [0.25, 0.3) is 0 Å². The molecule has 0 spiro atoms. The molecule has 2 aromatic carbocycles. The first-order chi connectivity index (χ1) is 14.0. The molecule has 1 atom stereocenters. The molecule has 1 aromatic heterocycles. The number of carbonyl (C=O) groups is 1. The Morgan fingerprint density at radius 2 is 1.69 bits per heavy atom. The van der Waals surface area contributed by atoms with Crippen LogP contribution in [0.15, 0.2) is 79.0 Å². The van der Waals surface area contributed by atoms with Gasteiger partial charge in [-0.1, -0.05) is 36.4 Å². The summed E-state index contributed by atoms with van der Waals surface area (Å²) in [6, 6.07) is 21.5. The van der Waals surface area contributed by atoms with Gasteiger partial charge in [0.25, 0.3) is 5.91 Å². The van der Waals surface area contributed by atoms with E-state index >= 15 is 0 Å². The summed E-state index contributed by atoms with van der Waals surface area (Å²) in [5, 5.41) is 3.04. The van der Waals surface area contributed by atoms with E-state index in [1.807, 2.05) is 48.5 Å². The van der Waals surface area contributed by atoms with Gasteiger partial charge in [-0.15, -0.1) is 0 Å². The van der Waals surface area contributed by atoms with Crippen molar-refractivity contribution in [1.82, 2.24) is 10.3 Å². The molecule has 0 radical (unpaired) electrons. The number of anilines is 1. The first-order valence-electron chi connectivity index (χ1n) is 9.42. The molecule has 4 rings (SSSR count). The fraction of sp³-hybridized carbons (Fsp3) is 0.182. The Hall–Kier alpha value is -3.19. The van der Waals surface area contributed by atoms with Crippen LogP contribution in [0.3, 0.4) is 0 Å². The Kier molecular flexibility index (Phi) is 5.31. The molecule has 2 heterocycles. The minimum Gasteiger partial charge on any atom is -0.340 e. The van der Waals surface area contributed by atoms with Gasteiger partial charge in [0.1, 0.15) is 0 Å². The van der Waals surface area contributed by atoms with Crippen molar-refractivity contribution in [2.24, 2.45) is 0 Å². The molecule has 1 amide bonds. The molecule has 1 N–H and O–H groups in total. The monoisotopic (exact) mass is 407 g/mol. The van der Waals surface area contributed by atoms with E-state index in [1.54, 1.807) is 30.5 Å². The number of benzene rings is 2. The first-order valence-corrected chi connectivity index (χ1v) is 11.0. The predicted octanol–water partition coefficient (Wildman–Crippen LogP) is 3.14. The molecule has 1 aliphatic rings. The number of aromatic nitrogens is 1. The highest BCUT2D eigenvalue weighted by atomic mass is 32.2. The lowest BCUT2D eigenvalue weighted by Crippen LogP contribution is -2.30. The fourth-order valence-corrected chi connectivity index (χ4v) is 5.01. The smallest absolute Gasteiger partial charge is 0.252 e. The lowest BCUT2D eigenvalue weighted by molar-refractivity contribution is 0.0942. The molecule has 1 saturated heterocycles. The van der Waals surface area contributed by atoms with Crippen molar-refractivity contribution in [3.05, 3.63) is 95.8 Å². The van der Waals surface area contributed by atoms with Crippen LogP contribution in [0.2, 0.25) is 0 Å². The van der Waals surface area contributed by atoms with Gasteiger partial charge in [0, 0.05) is 18.3 Å². The number of nitrogens with zero attached hydrogens (tertiary/aromatic N) is 2. The van der Waals surface area contributed by atoms with E-state index in [1.165, 1.54) is 4.31 Å². The summed E-state index contributed by atoms with van der Waals surface area (Å²) < 4.78 is 25.6. The maximum absolute atomic E-state index is 12.9. The third kappa shape index (κ3) is 4.14. The van der Waals surface area contributed by atoms with Crippen LogP contribution in [-0.4, -0.2) is 31.6 Å². The van der Waals surface area contributed by atoms with Crippen molar-refractivity contribution in [3.8, 4) is 0 Å². The number of pyridine rings is 1. The molecular formula is C22H21N3O3S. The topological polar surface area (TPSA) is 79.4 Å². The minimum atomic E-state index is -3.24. The van der Waals surface area contributed by atoms with Gasteiger partial charge < -0.3 is 5.32 Å². The number of amides is 1. The lowest BCUT2D eigenvalue weighted by atomic mass is 10.0. The Balaban J connectivity index is 1.57. The molecule has 1 unspecified atom stereocenters. The maximum atomic E-state index is 12.9. The quantitative estimate of drug-likeness (QED) is 0.705. The average Bonchev–Trinajstić information content (AvgIpc) is 3.12. The van der Waals surface area contributed by atoms with Crippen LogP contribution < -0.4 is 9.62 Å². The molecule has 0 bridgehead atoms. The zero-order valence-corrected chi connectivity index (χ0v) is 16.5. The van der Waals surface area contributed by atoms with Crippen molar-refractivity contribution in [1.29, 1.82) is 0 Å². The Bertz CT molecular complexity index is 1050. The van der Waals surface area contributed by atoms with Crippen LogP contribution >= 0.6 is 0 Å². The first kappa shape index (κ1) is 19.1. The zero-order valence-electron chi connectivity index (χ0n) is 15.7. The van der Waals surface area contributed by atoms with Gasteiger partial charge in [-0.25, -0.2) is 8.42 Å². The molecule has 0 saturated carbocycles. The molecule has 3 aromatic rings. The fourth-order valence-electron chi connectivity index (χ4n) is 3.44. The van der Waals surface area contributed by atoms with E-state index in [-0.39, 0.29) is 17.7 Å². The van der Waals surface area contributed by atoms with Gasteiger partial charge >= 0.3 is 0 Å². The number of sulfonamides is 1. The zero-order chi connectivity index (χ0) is 20.3. The molecule has 1 fully saturated rings. The van der Waals surface area contributed by atoms with Gasteiger partial charge in [-0.2, -0.15) is 0 Å². The molecule has 148 valence electrons. The summed E-state index contributed by atoms with van der Waals surface area (Å²) in [4.78, 5) is 17.3. The van der Waals surface area contributed by atoms with Crippen molar-refractivity contribution in [2.45, 2.75) is 12.5 Å². The van der Waals surface area contributed by atoms with E-state index in [4.69, 9.17) is 0 Å². The van der Waals surface area contributed by atoms with Crippen molar-refractivity contribution in [3.63, 3.8) is 0 Å². The third-order valence-corrected chi connectivity index (χ3v) is 6.78. The molecule has 29 heavy (non-hydrogen) atoms. The summed E-state index contributed by atoms with van der Waals surface area (Å²) >= 11 is 0. The summed E-state index contributed by atoms with van der Waals surface area (Å²) in [5.41, 5.74) is 2.72. The van der Waals surface area contributed by atoms with E-state index in [2.05, 4.69) is 10.3 Å². The SMILES string of the molecule is O=C(NC(c1ccccc1)c1ccccn1)c1ccc(N2CCCS2(=O)=O)cc1. The van der Waals surface area contributed by atoms with Crippen LogP contribution in [-0.2, 0) is 10.0 Å². The van der Waals surface area contributed by atoms with E-state index in [9.17, 15) is 13.2 Å². The Morgan fingerprint density at radius 3 is 2.31 bits per heavy atom. The van der Waals surface area contributed by atoms with Crippen molar-refractivity contribution < 1.29 is 13.2 Å². The highest BCUT2D eigenvalue weighted by Gasteiger charge is 2.28. The summed E-state index contributed by atoms with van der Waals surface area (Å²) in [5.74, 6) is -0.0849. The molecule has 6 nitrogen and oxygen atoms in total. The summed E-state index contributed by atoms with van der Waals surface area (Å²) in [6.45, 7) is 0.476. The molecular weight excluding hydrogens is 386 g/mol. The summed E-state index contributed by atoms with van der Waals surface area (Å²) in [7, 11) is -3.24. The van der Waals surface area contributed by atoms with Gasteiger partial charge in [-0.05, 0) is 48.4 Å². The van der Waals surface area contributed by atoms with E-state index in [0.29, 0.717) is 24.2 Å². The van der Waals surface area contributed by atoms with Crippen LogP contribution in [0.1, 0.15) is 34.1 Å². The van der Waals surface area contributed by atoms with Crippen LogP contribution in [0.4, 0.5) is 5.69 Å². The Labute approximate surface area is 170 Å². The lowest BCUT2D eigenvalue weighted by Gasteiger charge is -2.20. The molecule has 0 aliphatic carbocycles. The van der Waals surface area contributed by atoms with E-state index in [0.717, 1.165) is 11.3 Å². The van der Waals surface area contributed by atoms with Gasteiger partial charge in [-0.3, -0.25) is 14.1 Å². The van der Waals surface area contributed by atoms with Crippen LogP contribution in [0, 0.1) is 0 Å².